The molecule has 0 saturated carbocycles. The summed E-state index contributed by atoms with van der Waals surface area (Å²) in [6.07, 6.45) is 0.160. The number of carbonyl (C=O) groups excluding carboxylic acids is 1. The molecule has 0 heterocycles. The molecule has 0 bridgehead atoms. The third-order valence-electron chi connectivity index (χ3n) is 2.99. The number of nitrogens with zero attached hydrogens (tertiary/aromatic N) is 1. The number of carbonyl (C=O) groups is 1. The van der Waals surface area contributed by atoms with E-state index in [4.69, 9.17) is 5.73 Å². The van der Waals surface area contributed by atoms with Crippen molar-refractivity contribution in [1.29, 1.82) is 0 Å². The van der Waals surface area contributed by atoms with Gasteiger partial charge in [0.2, 0.25) is 5.91 Å². The Morgan fingerprint density at radius 3 is 2.42 bits per heavy atom. The predicted octanol–water partition coefficient (Wildman–Crippen LogP) is 2.18. The number of benzene rings is 2. The summed E-state index contributed by atoms with van der Waals surface area (Å²) in [7, 11) is 1.70. The standard InChI is InChI=1S/C15H16N2O2/c1-17(13-8-6-12(16)7-9-13)15(19)10-11-4-2-3-5-14(11)18/h2-9,18H,10,16H2,1H3. The second-order valence-corrected chi connectivity index (χ2v) is 4.35. The molecule has 4 nitrogen and oxygen atoms in total. The second kappa shape index (κ2) is 5.44. The molecule has 0 fully saturated rings. The minimum Gasteiger partial charge on any atom is -0.508 e. The van der Waals surface area contributed by atoms with Gasteiger partial charge in [0.1, 0.15) is 5.75 Å². The minimum atomic E-state index is -0.0914. The van der Waals surface area contributed by atoms with Gasteiger partial charge in [0.25, 0.3) is 0 Å². The van der Waals surface area contributed by atoms with Gasteiger partial charge in [-0.3, -0.25) is 4.79 Å². The number of hydrogen-bond acceptors (Lipinski definition) is 3. The van der Waals surface area contributed by atoms with Crippen LogP contribution >= 0.6 is 0 Å². The molecule has 2 rings (SSSR count). The van der Waals surface area contributed by atoms with E-state index in [0.29, 0.717) is 11.3 Å². The van der Waals surface area contributed by atoms with Crippen LogP contribution in [0.3, 0.4) is 0 Å². The van der Waals surface area contributed by atoms with Gasteiger partial charge in [-0.15, -0.1) is 0 Å². The number of hydrogen-bond donors (Lipinski definition) is 2. The fourth-order valence-corrected chi connectivity index (χ4v) is 1.78. The minimum absolute atomic E-state index is 0.0914. The first-order chi connectivity index (χ1) is 9.08. The summed E-state index contributed by atoms with van der Waals surface area (Å²) in [6, 6.07) is 13.9. The normalized spacial score (nSPS) is 10.2. The highest BCUT2D eigenvalue weighted by molar-refractivity contribution is 5.94. The SMILES string of the molecule is CN(C(=O)Cc1ccccc1O)c1ccc(N)cc1. The molecule has 0 saturated heterocycles. The first kappa shape index (κ1) is 13.0. The summed E-state index contributed by atoms with van der Waals surface area (Å²) < 4.78 is 0. The van der Waals surface area contributed by atoms with E-state index in [1.165, 1.54) is 0 Å². The van der Waals surface area contributed by atoms with Crippen molar-refractivity contribution in [3.05, 3.63) is 54.1 Å². The van der Waals surface area contributed by atoms with E-state index in [-0.39, 0.29) is 18.1 Å². The monoisotopic (exact) mass is 256 g/mol. The Bertz CT molecular complexity index is 579. The number of aromatic hydroxyl groups is 1. The smallest absolute Gasteiger partial charge is 0.231 e. The number of anilines is 2. The van der Waals surface area contributed by atoms with Crippen molar-refractivity contribution in [3.63, 3.8) is 0 Å². The molecule has 2 aromatic rings. The van der Waals surface area contributed by atoms with Crippen molar-refractivity contribution in [3.8, 4) is 5.75 Å². The molecule has 0 aliphatic rings. The first-order valence-electron chi connectivity index (χ1n) is 5.97. The average Bonchev–Trinajstić information content (AvgIpc) is 2.41. The molecule has 0 aromatic heterocycles. The predicted molar refractivity (Wildman–Crippen MR) is 76.1 cm³/mol. The van der Waals surface area contributed by atoms with Gasteiger partial charge < -0.3 is 15.7 Å². The van der Waals surface area contributed by atoms with Gasteiger partial charge in [-0.25, -0.2) is 0 Å². The maximum absolute atomic E-state index is 12.1. The molecule has 3 N–H and O–H groups in total. The maximum Gasteiger partial charge on any atom is 0.231 e. The van der Waals surface area contributed by atoms with Crippen LogP contribution in [0.1, 0.15) is 5.56 Å². The lowest BCUT2D eigenvalue weighted by Crippen LogP contribution is -2.27. The lowest BCUT2D eigenvalue weighted by molar-refractivity contribution is -0.117. The van der Waals surface area contributed by atoms with Crippen molar-refractivity contribution in [1.82, 2.24) is 0 Å². The van der Waals surface area contributed by atoms with E-state index in [2.05, 4.69) is 0 Å². The highest BCUT2D eigenvalue weighted by Gasteiger charge is 2.13. The quantitative estimate of drug-likeness (QED) is 0.827. The summed E-state index contributed by atoms with van der Waals surface area (Å²) in [5.74, 6) is 0.0489. The Hall–Kier alpha value is -2.49. The van der Waals surface area contributed by atoms with Crippen molar-refractivity contribution in [2.45, 2.75) is 6.42 Å². The summed E-state index contributed by atoms with van der Waals surface area (Å²) in [5, 5.41) is 9.66. The number of rotatable bonds is 3. The summed E-state index contributed by atoms with van der Waals surface area (Å²) >= 11 is 0. The maximum atomic E-state index is 12.1. The van der Waals surface area contributed by atoms with Gasteiger partial charge in [-0.1, -0.05) is 18.2 Å². The van der Waals surface area contributed by atoms with Crippen LogP contribution in [-0.2, 0) is 11.2 Å². The number of para-hydroxylation sites is 1. The van der Waals surface area contributed by atoms with Crippen LogP contribution < -0.4 is 10.6 Å². The van der Waals surface area contributed by atoms with Crippen LogP contribution in [-0.4, -0.2) is 18.1 Å². The number of phenols is 1. The molecule has 0 spiro atoms. The Labute approximate surface area is 112 Å². The molecule has 1 amide bonds. The van der Waals surface area contributed by atoms with Gasteiger partial charge in [0.15, 0.2) is 0 Å². The zero-order valence-electron chi connectivity index (χ0n) is 10.7. The van der Waals surface area contributed by atoms with E-state index in [0.717, 1.165) is 5.69 Å². The molecule has 98 valence electrons. The van der Waals surface area contributed by atoms with E-state index in [1.807, 2.05) is 0 Å². The Balaban J connectivity index is 2.12. The van der Waals surface area contributed by atoms with Crippen molar-refractivity contribution >= 4 is 17.3 Å². The van der Waals surface area contributed by atoms with Crippen LogP contribution in [0.25, 0.3) is 0 Å². The first-order valence-corrected chi connectivity index (χ1v) is 5.97. The Morgan fingerprint density at radius 2 is 1.79 bits per heavy atom. The largest absolute Gasteiger partial charge is 0.508 e. The lowest BCUT2D eigenvalue weighted by atomic mass is 10.1. The van der Waals surface area contributed by atoms with E-state index in [1.54, 1.807) is 60.5 Å². The highest BCUT2D eigenvalue weighted by Crippen LogP contribution is 2.19. The zero-order valence-corrected chi connectivity index (χ0v) is 10.7. The van der Waals surface area contributed by atoms with E-state index < -0.39 is 0 Å². The van der Waals surface area contributed by atoms with Crippen LogP contribution in [0.15, 0.2) is 48.5 Å². The molecule has 2 aromatic carbocycles. The van der Waals surface area contributed by atoms with Gasteiger partial charge in [0, 0.05) is 24.0 Å². The van der Waals surface area contributed by atoms with E-state index in [9.17, 15) is 9.90 Å². The van der Waals surface area contributed by atoms with Crippen LogP contribution in [0.4, 0.5) is 11.4 Å². The molecule has 0 atom stereocenters. The summed E-state index contributed by atoms with van der Waals surface area (Å²) in [5.41, 5.74) is 7.66. The van der Waals surface area contributed by atoms with Gasteiger partial charge >= 0.3 is 0 Å². The Kier molecular flexibility index (Phi) is 3.71. The second-order valence-electron chi connectivity index (χ2n) is 4.35. The van der Waals surface area contributed by atoms with E-state index >= 15 is 0 Å². The molecule has 4 heteroatoms. The fourth-order valence-electron chi connectivity index (χ4n) is 1.78. The number of nitrogen functional groups attached to an aromatic ring is 1. The molecular weight excluding hydrogens is 240 g/mol. The summed E-state index contributed by atoms with van der Waals surface area (Å²) in [4.78, 5) is 13.7. The Morgan fingerprint density at radius 1 is 1.16 bits per heavy atom. The molecule has 0 unspecified atom stereocenters. The number of likely N-dealkylation sites (N-methyl/N-ethyl adjacent to an activating group) is 1. The van der Waals surface area contributed by atoms with Crippen molar-refractivity contribution < 1.29 is 9.90 Å². The number of phenolic OH excluding ortho intramolecular Hbond substituents is 1. The van der Waals surface area contributed by atoms with Crippen LogP contribution in [0.5, 0.6) is 5.75 Å². The third kappa shape index (κ3) is 3.04. The zero-order chi connectivity index (χ0) is 13.8. The average molecular weight is 256 g/mol. The number of amides is 1. The third-order valence-corrected chi connectivity index (χ3v) is 2.99. The topological polar surface area (TPSA) is 66.6 Å². The van der Waals surface area contributed by atoms with Crippen molar-refractivity contribution in [2.75, 3.05) is 17.7 Å². The number of nitrogens with two attached hydrogens (primary N) is 1. The summed E-state index contributed by atoms with van der Waals surface area (Å²) in [6.45, 7) is 0. The van der Waals surface area contributed by atoms with Crippen LogP contribution in [0.2, 0.25) is 0 Å². The fraction of sp³-hybridized carbons (Fsp3) is 0.133. The van der Waals surface area contributed by atoms with Gasteiger partial charge in [-0.2, -0.15) is 0 Å². The van der Waals surface area contributed by atoms with Crippen LogP contribution in [0, 0.1) is 0 Å². The molecule has 0 radical (unpaired) electrons. The molecule has 0 aliphatic carbocycles. The van der Waals surface area contributed by atoms with Gasteiger partial charge in [-0.05, 0) is 30.3 Å². The molecule has 19 heavy (non-hydrogen) atoms. The molecular formula is C15H16N2O2. The van der Waals surface area contributed by atoms with Gasteiger partial charge in [0.05, 0.1) is 6.42 Å². The van der Waals surface area contributed by atoms with Crippen molar-refractivity contribution in [2.24, 2.45) is 0 Å². The lowest BCUT2D eigenvalue weighted by Gasteiger charge is -2.17. The molecule has 0 aliphatic heterocycles. The highest BCUT2D eigenvalue weighted by atomic mass is 16.3.